The van der Waals surface area contributed by atoms with Crippen molar-refractivity contribution in [1.82, 2.24) is 9.88 Å². The number of hydrogen-bond donors (Lipinski definition) is 0. The van der Waals surface area contributed by atoms with Crippen LogP contribution in [0, 0.1) is 0 Å². The lowest BCUT2D eigenvalue weighted by molar-refractivity contribution is -0.145. The molecule has 3 heterocycles. The lowest BCUT2D eigenvalue weighted by Crippen LogP contribution is -2.52. The number of anilines is 1. The number of aromatic nitrogens is 1. The van der Waals surface area contributed by atoms with Gasteiger partial charge in [0.2, 0.25) is 0 Å². The van der Waals surface area contributed by atoms with Crippen molar-refractivity contribution >= 4 is 27.7 Å². The zero-order valence-corrected chi connectivity index (χ0v) is 15.1. The molecule has 0 aromatic carbocycles. The molecule has 0 N–H and O–H groups in total. The Labute approximate surface area is 152 Å². The van der Waals surface area contributed by atoms with Crippen molar-refractivity contribution in [3.8, 4) is 0 Å². The third kappa shape index (κ3) is 4.25. The van der Waals surface area contributed by atoms with Crippen LogP contribution >= 0.6 is 15.9 Å². The molecule has 0 radical (unpaired) electrons. The Hall–Kier alpha value is -1.35. The predicted molar refractivity (Wildman–Crippen MR) is 89.3 cm³/mol. The molecule has 1 atom stereocenters. The Bertz CT molecular complexity index is 636. The molecule has 0 aliphatic carbocycles. The summed E-state index contributed by atoms with van der Waals surface area (Å²) in [5.74, 6) is -0.300. The molecule has 1 aromatic heterocycles. The SMILES string of the molecule is O=C(C1CN(c2ncc(Br)cc2C(F)(F)F)CCO1)N1CCCCC1. The molecule has 1 unspecified atom stereocenters. The number of carbonyl (C=O) groups excluding carboxylic acids is 1. The molecule has 3 rings (SSSR count). The first-order valence-corrected chi connectivity index (χ1v) is 9.03. The van der Waals surface area contributed by atoms with Gasteiger partial charge >= 0.3 is 6.18 Å². The van der Waals surface area contributed by atoms with Crippen molar-refractivity contribution in [3.05, 3.63) is 22.3 Å². The molecule has 5 nitrogen and oxygen atoms in total. The fourth-order valence-electron chi connectivity index (χ4n) is 3.20. The number of rotatable bonds is 2. The van der Waals surface area contributed by atoms with E-state index in [1.807, 2.05) is 0 Å². The Kier molecular flexibility index (Phi) is 5.52. The maximum absolute atomic E-state index is 13.3. The molecule has 1 amide bonds. The van der Waals surface area contributed by atoms with Crippen molar-refractivity contribution in [2.45, 2.75) is 31.5 Å². The van der Waals surface area contributed by atoms with Gasteiger partial charge in [-0.15, -0.1) is 0 Å². The number of hydrogen-bond acceptors (Lipinski definition) is 4. The van der Waals surface area contributed by atoms with Gasteiger partial charge in [0.1, 0.15) is 5.82 Å². The second-order valence-electron chi connectivity index (χ2n) is 6.21. The largest absolute Gasteiger partial charge is 0.419 e. The number of carbonyl (C=O) groups is 1. The second-order valence-corrected chi connectivity index (χ2v) is 7.13. The minimum atomic E-state index is -4.52. The van der Waals surface area contributed by atoms with Crippen LogP contribution in [-0.2, 0) is 15.7 Å². The molecule has 2 fully saturated rings. The smallest absolute Gasteiger partial charge is 0.365 e. The molecular formula is C16H19BrF3N3O2. The Balaban J connectivity index is 1.78. The van der Waals surface area contributed by atoms with Gasteiger partial charge in [0, 0.05) is 30.3 Å². The zero-order valence-electron chi connectivity index (χ0n) is 13.6. The highest BCUT2D eigenvalue weighted by Gasteiger charge is 2.38. The maximum atomic E-state index is 13.3. The van der Waals surface area contributed by atoms with Crippen LogP contribution in [0.25, 0.3) is 0 Å². The molecular weight excluding hydrogens is 403 g/mol. The first kappa shape index (κ1) is 18.4. The van der Waals surface area contributed by atoms with E-state index in [9.17, 15) is 18.0 Å². The molecule has 2 aliphatic heterocycles. The topological polar surface area (TPSA) is 45.7 Å². The third-order valence-electron chi connectivity index (χ3n) is 4.45. The van der Waals surface area contributed by atoms with E-state index in [0.717, 1.165) is 25.3 Å². The van der Waals surface area contributed by atoms with E-state index in [4.69, 9.17) is 4.74 Å². The fourth-order valence-corrected chi connectivity index (χ4v) is 3.53. The number of halogens is 4. The monoisotopic (exact) mass is 421 g/mol. The average Bonchev–Trinajstić information content (AvgIpc) is 2.61. The van der Waals surface area contributed by atoms with Crippen molar-refractivity contribution in [1.29, 1.82) is 0 Å². The Morgan fingerprint density at radius 2 is 1.96 bits per heavy atom. The number of pyridine rings is 1. The summed E-state index contributed by atoms with van der Waals surface area (Å²) in [6.07, 6.45) is -0.931. The van der Waals surface area contributed by atoms with Crippen LogP contribution in [0.3, 0.4) is 0 Å². The lowest BCUT2D eigenvalue weighted by Gasteiger charge is -2.37. The quantitative estimate of drug-likeness (QED) is 0.735. The van der Waals surface area contributed by atoms with E-state index < -0.39 is 17.8 Å². The summed E-state index contributed by atoms with van der Waals surface area (Å²) in [6, 6.07) is 1.01. The van der Waals surface area contributed by atoms with Crippen LogP contribution in [0.4, 0.5) is 19.0 Å². The zero-order chi connectivity index (χ0) is 18.0. The van der Waals surface area contributed by atoms with E-state index in [-0.39, 0.29) is 35.9 Å². The highest BCUT2D eigenvalue weighted by molar-refractivity contribution is 9.10. The maximum Gasteiger partial charge on any atom is 0.419 e. The van der Waals surface area contributed by atoms with Crippen LogP contribution in [0.1, 0.15) is 24.8 Å². The van der Waals surface area contributed by atoms with Gasteiger partial charge in [-0.1, -0.05) is 0 Å². The summed E-state index contributed by atoms with van der Waals surface area (Å²) in [4.78, 5) is 19.8. The van der Waals surface area contributed by atoms with Gasteiger partial charge in [0.15, 0.2) is 6.10 Å². The van der Waals surface area contributed by atoms with E-state index in [1.54, 1.807) is 4.90 Å². The van der Waals surface area contributed by atoms with Gasteiger partial charge < -0.3 is 14.5 Å². The number of nitrogens with zero attached hydrogens (tertiary/aromatic N) is 3. The van der Waals surface area contributed by atoms with Gasteiger partial charge in [0.05, 0.1) is 18.7 Å². The molecule has 25 heavy (non-hydrogen) atoms. The predicted octanol–water partition coefficient (Wildman–Crippen LogP) is 3.08. The number of morpholine rings is 1. The van der Waals surface area contributed by atoms with Crippen LogP contribution < -0.4 is 4.90 Å². The standard InChI is InChI=1S/C16H19BrF3N3O2/c17-11-8-12(16(18,19)20)14(21-9-11)23-6-7-25-13(10-23)15(24)22-4-2-1-3-5-22/h8-9,13H,1-7,10H2. The Morgan fingerprint density at radius 1 is 1.24 bits per heavy atom. The van der Waals surface area contributed by atoms with Crippen molar-refractivity contribution in [2.75, 3.05) is 37.7 Å². The molecule has 0 bridgehead atoms. The van der Waals surface area contributed by atoms with Crippen molar-refractivity contribution in [3.63, 3.8) is 0 Å². The summed E-state index contributed by atoms with van der Waals surface area (Å²) >= 11 is 3.03. The van der Waals surface area contributed by atoms with E-state index in [0.29, 0.717) is 13.1 Å². The van der Waals surface area contributed by atoms with Crippen LogP contribution in [0.2, 0.25) is 0 Å². The molecule has 2 aliphatic rings. The number of alkyl halides is 3. The summed E-state index contributed by atoms with van der Waals surface area (Å²) in [7, 11) is 0. The van der Waals surface area contributed by atoms with Crippen molar-refractivity contribution in [2.24, 2.45) is 0 Å². The van der Waals surface area contributed by atoms with E-state index >= 15 is 0 Å². The van der Waals surface area contributed by atoms with Gasteiger partial charge in [-0.25, -0.2) is 4.98 Å². The minimum Gasteiger partial charge on any atom is -0.365 e. The number of piperidine rings is 1. The van der Waals surface area contributed by atoms with Crippen molar-refractivity contribution < 1.29 is 22.7 Å². The lowest BCUT2D eigenvalue weighted by atomic mass is 10.1. The molecule has 0 saturated carbocycles. The number of ether oxygens (including phenoxy) is 1. The molecule has 0 spiro atoms. The minimum absolute atomic E-state index is 0.0764. The van der Waals surface area contributed by atoms with Gasteiger partial charge in [-0.05, 0) is 41.3 Å². The van der Waals surface area contributed by atoms with E-state index in [2.05, 4.69) is 20.9 Å². The molecule has 1 aromatic rings. The molecule has 9 heteroatoms. The van der Waals surface area contributed by atoms with Crippen LogP contribution in [0.15, 0.2) is 16.7 Å². The Morgan fingerprint density at radius 3 is 2.64 bits per heavy atom. The average molecular weight is 422 g/mol. The summed E-state index contributed by atoms with van der Waals surface area (Å²) in [5, 5.41) is 0. The third-order valence-corrected chi connectivity index (χ3v) is 4.88. The van der Waals surface area contributed by atoms with Gasteiger partial charge in [-0.2, -0.15) is 13.2 Å². The fraction of sp³-hybridized carbons (Fsp3) is 0.625. The normalized spacial score (nSPS) is 22.2. The molecule has 138 valence electrons. The van der Waals surface area contributed by atoms with Crippen LogP contribution in [-0.4, -0.2) is 54.7 Å². The highest BCUT2D eigenvalue weighted by atomic mass is 79.9. The number of likely N-dealkylation sites (tertiary alicyclic amines) is 1. The van der Waals surface area contributed by atoms with E-state index in [1.165, 1.54) is 11.1 Å². The first-order valence-electron chi connectivity index (χ1n) is 8.24. The first-order chi connectivity index (χ1) is 11.9. The summed E-state index contributed by atoms with van der Waals surface area (Å²) < 4.78 is 45.8. The number of amides is 1. The van der Waals surface area contributed by atoms with Crippen LogP contribution in [0.5, 0.6) is 0 Å². The summed E-state index contributed by atoms with van der Waals surface area (Å²) in [5.41, 5.74) is -0.812. The molecule has 2 saturated heterocycles. The second kappa shape index (κ2) is 7.49. The van der Waals surface area contributed by atoms with Gasteiger partial charge in [0.25, 0.3) is 5.91 Å². The summed E-state index contributed by atoms with van der Waals surface area (Å²) in [6.45, 7) is 1.90. The van der Waals surface area contributed by atoms with Gasteiger partial charge in [-0.3, -0.25) is 4.79 Å². The highest BCUT2D eigenvalue weighted by Crippen LogP contribution is 2.37.